The summed E-state index contributed by atoms with van der Waals surface area (Å²) in [7, 11) is 0. The summed E-state index contributed by atoms with van der Waals surface area (Å²) >= 11 is 0. The van der Waals surface area contributed by atoms with Gasteiger partial charge < -0.3 is 0 Å². The first kappa shape index (κ1) is 7.69. The first-order valence-corrected chi connectivity index (χ1v) is 3.76. The van der Waals surface area contributed by atoms with Crippen molar-refractivity contribution in [1.82, 2.24) is 4.98 Å². The summed E-state index contributed by atoms with van der Waals surface area (Å²) in [4.78, 5) is 3.95. The molecule has 0 spiro atoms. The smallest absolute Gasteiger partial charge is 0.141 e. The molecule has 0 bridgehead atoms. The third-order valence-corrected chi connectivity index (χ3v) is 1.77. The van der Waals surface area contributed by atoms with E-state index in [9.17, 15) is 4.39 Å². The highest BCUT2D eigenvalue weighted by molar-refractivity contribution is 5.78. The minimum Gasteiger partial charge on any atom is -0.237 e. The first-order valence-electron chi connectivity index (χ1n) is 3.76. The number of halogens is 1. The molecule has 2 aromatic rings. The molecule has 0 N–H and O–H groups in total. The Morgan fingerprint density at radius 1 is 1.23 bits per heavy atom. The maximum Gasteiger partial charge on any atom is 0.141 e. The molecule has 0 saturated carbocycles. The molecule has 0 amide bonds. The van der Waals surface area contributed by atoms with Crippen LogP contribution in [0, 0.1) is 17.1 Å². The summed E-state index contributed by atoms with van der Waals surface area (Å²) < 4.78 is 12.7. The average molecular weight is 172 g/mol. The van der Waals surface area contributed by atoms with Gasteiger partial charge in [-0.1, -0.05) is 0 Å². The second-order valence-corrected chi connectivity index (χ2v) is 2.65. The van der Waals surface area contributed by atoms with Gasteiger partial charge in [-0.05, 0) is 24.3 Å². The largest absolute Gasteiger partial charge is 0.237 e. The lowest BCUT2D eigenvalue weighted by molar-refractivity contribution is 0.629. The van der Waals surface area contributed by atoms with Gasteiger partial charge in [-0.25, -0.2) is 9.37 Å². The second-order valence-electron chi connectivity index (χ2n) is 2.65. The van der Waals surface area contributed by atoms with Crippen molar-refractivity contribution >= 4 is 10.9 Å². The molecule has 0 saturated heterocycles. The summed E-state index contributed by atoms with van der Waals surface area (Å²) in [6.07, 6.45) is 0. The SMILES string of the molecule is N#Cc1ccc2ccc(F)cc2n1. The van der Waals surface area contributed by atoms with E-state index in [2.05, 4.69) is 4.98 Å². The minimum atomic E-state index is -0.338. The van der Waals surface area contributed by atoms with Crippen molar-refractivity contribution in [3.8, 4) is 6.07 Å². The van der Waals surface area contributed by atoms with Crippen LogP contribution in [-0.2, 0) is 0 Å². The number of hydrogen-bond donors (Lipinski definition) is 0. The Morgan fingerprint density at radius 3 is 2.77 bits per heavy atom. The Bertz CT molecular complexity index is 500. The van der Waals surface area contributed by atoms with Crippen molar-refractivity contribution in [1.29, 1.82) is 5.26 Å². The number of nitrogens with zero attached hydrogens (tertiary/aromatic N) is 2. The number of aromatic nitrogens is 1. The topological polar surface area (TPSA) is 36.7 Å². The van der Waals surface area contributed by atoms with Gasteiger partial charge in [0, 0.05) is 11.5 Å². The Labute approximate surface area is 74.3 Å². The molecule has 0 radical (unpaired) electrons. The maximum absolute atomic E-state index is 12.7. The highest BCUT2D eigenvalue weighted by atomic mass is 19.1. The van der Waals surface area contributed by atoms with E-state index in [0.29, 0.717) is 11.2 Å². The number of benzene rings is 1. The lowest BCUT2D eigenvalue weighted by atomic mass is 10.2. The van der Waals surface area contributed by atoms with Gasteiger partial charge in [0.2, 0.25) is 0 Å². The van der Waals surface area contributed by atoms with Crippen LogP contribution in [0.5, 0.6) is 0 Å². The Kier molecular flexibility index (Phi) is 1.67. The Hall–Kier alpha value is -1.95. The maximum atomic E-state index is 12.7. The van der Waals surface area contributed by atoms with Crippen molar-refractivity contribution in [3.05, 3.63) is 41.8 Å². The van der Waals surface area contributed by atoms with Gasteiger partial charge >= 0.3 is 0 Å². The van der Waals surface area contributed by atoms with Crippen LogP contribution in [0.2, 0.25) is 0 Å². The number of pyridine rings is 1. The lowest BCUT2D eigenvalue weighted by Crippen LogP contribution is -1.84. The standard InChI is InChI=1S/C10H5FN2/c11-8-3-1-7-2-4-9(6-12)13-10(7)5-8/h1-5H. The third kappa shape index (κ3) is 1.34. The normalized spacial score (nSPS) is 9.85. The Morgan fingerprint density at radius 2 is 2.00 bits per heavy atom. The van der Waals surface area contributed by atoms with Gasteiger partial charge in [0.25, 0.3) is 0 Å². The summed E-state index contributed by atoms with van der Waals surface area (Å²) in [5, 5.41) is 9.39. The predicted molar refractivity (Wildman–Crippen MR) is 46.4 cm³/mol. The molecule has 0 aliphatic rings. The van der Waals surface area contributed by atoms with Crippen molar-refractivity contribution in [2.45, 2.75) is 0 Å². The molecular weight excluding hydrogens is 167 g/mol. The number of fused-ring (bicyclic) bond motifs is 1. The van der Waals surface area contributed by atoms with Gasteiger partial charge in [0.1, 0.15) is 17.6 Å². The quantitative estimate of drug-likeness (QED) is 0.611. The van der Waals surface area contributed by atoms with E-state index < -0.39 is 0 Å². The summed E-state index contributed by atoms with van der Waals surface area (Å²) in [5.74, 6) is -0.338. The average Bonchev–Trinajstić information content (AvgIpc) is 2.16. The molecule has 0 aliphatic carbocycles. The zero-order chi connectivity index (χ0) is 9.26. The van der Waals surface area contributed by atoms with Crippen LogP contribution < -0.4 is 0 Å². The van der Waals surface area contributed by atoms with Crippen LogP contribution in [-0.4, -0.2) is 4.98 Å². The second kappa shape index (κ2) is 2.83. The van der Waals surface area contributed by atoms with Crippen molar-refractivity contribution in [2.75, 3.05) is 0 Å². The zero-order valence-corrected chi connectivity index (χ0v) is 6.66. The summed E-state index contributed by atoms with van der Waals surface area (Å²) in [6.45, 7) is 0. The Balaban J connectivity index is 2.77. The van der Waals surface area contributed by atoms with Gasteiger partial charge in [-0.3, -0.25) is 0 Å². The van der Waals surface area contributed by atoms with Gasteiger partial charge in [-0.2, -0.15) is 5.26 Å². The van der Waals surface area contributed by atoms with Gasteiger partial charge in [-0.15, -0.1) is 0 Å². The number of rotatable bonds is 0. The molecule has 1 aromatic heterocycles. The molecule has 0 fully saturated rings. The van der Waals surface area contributed by atoms with Crippen LogP contribution >= 0.6 is 0 Å². The number of hydrogen-bond acceptors (Lipinski definition) is 2. The van der Waals surface area contributed by atoms with E-state index in [1.807, 2.05) is 6.07 Å². The fourth-order valence-electron chi connectivity index (χ4n) is 1.15. The summed E-state index contributed by atoms with van der Waals surface area (Å²) in [6, 6.07) is 9.59. The van der Waals surface area contributed by atoms with Crippen LogP contribution in [0.15, 0.2) is 30.3 Å². The van der Waals surface area contributed by atoms with Crippen LogP contribution in [0.3, 0.4) is 0 Å². The summed E-state index contributed by atoms with van der Waals surface area (Å²) in [5.41, 5.74) is 0.817. The molecule has 0 aliphatic heterocycles. The molecule has 13 heavy (non-hydrogen) atoms. The zero-order valence-electron chi connectivity index (χ0n) is 6.66. The van der Waals surface area contributed by atoms with Crippen molar-refractivity contribution in [2.24, 2.45) is 0 Å². The third-order valence-electron chi connectivity index (χ3n) is 1.77. The van der Waals surface area contributed by atoms with Gasteiger partial charge in [0.15, 0.2) is 0 Å². The predicted octanol–water partition coefficient (Wildman–Crippen LogP) is 2.25. The van der Waals surface area contributed by atoms with Crippen LogP contribution in [0.1, 0.15) is 5.69 Å². The van der Waals surface area contributed by atoms with Crippen LogP contribution in [0.4, 0.5) is 4.39 Å². The number of nitriles is 1. The lowest BCUT2D eigenvalue weighted by Gasteiger charge is -1.96. The molecule has 0 atom stereocenters. The van der Waals surface area contributed by atoms with E-state index in [1.165, 1.54) is 12.1 Å². The van der Waals surface area contributed by atoms with Crippen LogP contribution in [0.25, 0.3) is 10.9 Å². The van der Waals surface area contributed by atoms with E-state index in [0.717, 1.165) is 5.39 Å². The van der Waals surface area contributed by atoms with Gasteiger partial charge in [0.05, 0.1) is 5.52 Å². The van der Waals surface area contributed by atoms with Crippen molar-refractivity contribution in [3.63, 3.8) is 0 Å². The molecule has 3 heteroatoms. The highest BCUT2D eigenvalue weighted by Gasteiger charge is 1.98. The van der Waals surface area contributed by atoms with E-state index >= 15 is 0 Å². The molecule has 1 aromatic carbocycles. The molecule has 1 heterocycles. The van der Waals surface area contributed by atoms with E-state index in [4.69, 9.17) is 5.26 Å². The van der Waals surface area contributed by atoms with Crippen molar-refractivity contribution < 1.29 is 4.39 Å². The van der Waals surface area contributed by atoms with E-state index in [1.54, 1.807) is 18.2 Å². The molecular formula is C10H5FN2. The molecule has 0 unspecified atom stereocenters. The molecule has 2 rings (SSSR count). The highest BCUT2D eigenvalue weighted by Crippen LogP contribution is 2.13. The first-order chi connectivity index (χ1) is 6.29. The fraction of sp³-hybridized carbons (Fsp3) is 0. The molecule has 2 nitrogen and oxygen atoms in total. The monoisotopic (exact) mass is 172 g/mol. The molecule has 62 valence electrons. The van der Waals surface area contributed by atoms with E-state index in [-0.39, 0.29) is 5.82 Å². The fourth-order valence-corrected chi connectivity index (χ4v) is 1.15. The minimum absolute atomic E-state index is 0.304.